The summed E-state index contributed by atoms with van der Waals surface area (Å²) in [5.41, 5.74) is 3.67. The van der Waals surface area contributed by atoms with Gasteiger partial charge >= 0.3 is 6.03 Å². The van der Waals surface area contributed by atoms with Gasteiger partial charge in [-0.15, -0.1) is 0 Å². The van der Waals surface area contributed by atoms with E-state index in [-0.39, 0.29) is 12.1 Å². The zero-order valence-electron chi connectivity index (χ0n) is 11.1. The van der Waals surface area contributed by atoms with Crippen LogP contribution in [0.1, 0.15) is 43.0 Å². The van der Waals surface area contributed by atoms with E-state index in [0.717, 1.165) is 12.0 Å². The summed E-state index contributed by atoms with van der Waals surface area (Å²) in [6.45, 7) is 8.92. The maximum Gasteiger partial charge on any atom is 0.315 e. The second-order valence-corrected chi connectivity index (χ2v) is 4.47. The van der Waals surface area contributed by atoms with Crippen molar-refractivity contribution in [1.29, 1.82) is 0 Å². The summed E-state index contributed by atoms with van der Waals surface area (Å²) < 4.78 is 0. The number of nitrogens with one attached hydrogen (secondary N) is 2. The number of hydrogen-bond acceptors (Lipinski definition) is 1. The number of aryl methyl sites for hydroxylation is 2. The molecule has 94 valence electrons. The number of urea groups is 1. The largest absolute Gasteiger partial charge is 0.338 e. The van der Waals surface area contributed by atoms with E-state index in [2.05, 4.69) is 42.7 Å². The molecule has 0 saturated heterocycles. The maximum absolute atomic E-state index is 11.5. The second kappa shape index (κ2) is 6.28. The molecular weight excluding hydrogens is 212 g/mol. The fourth-order valence-electron chi connectivity index (χ4n) is 1.60. The Balaban J connectivity index is 2.60. The average Bonchev–Trinajstić information content (AvgIpc) is 2.30. The van der Waals surface area contributed by atoms with Gasteiger partial charge < -0.3 is 10.6 Å². The van der Waals surface area contributed by atoms with E-state index in [1.807, 2.05) is 13.8 Å². The van der Waals surface area contributed by atoms with Crippen LogP contribution in [0.15, 0.2) is 18.2 Å². The Morgan fingerprint density at radius 1 is 1.29 bits per heavy atom. The van der Waals surface area contributed by atoms with Gasteiger partial charge in [0.2, 0.25) is 0 Å². The van der Waals surface area contributed by atoms with Crippen molar-refractivity contribution in [3.63, 3.8) is 0 Å². The third-order valence-corrected chi connectivity index (χ3v) is 2.91. The van der Waals surface area contributed by atoms with E-state index >= 15 is 0 Å². The van der Waals surface area contributed by atoms with Crippen molar-refractivity contribution >= 4 is 6.03 Å². The van der Waals surface area contributed by atoms with Gasteiger partial charge in [-0.2, -0.15) is 0 Å². The molecule has 0 radical (unpaired) electrons. The molecule has 0 aliphatic heterocycles. The van der Waals surface area contributed by atoms with Crippen molar-refractivity contribution in [3.05, 3.63) is 34.9 Å². The molecule has 1 unspecified atom stereocenters. The molecule has 1 atom stereocenters. The molecular formula is C14H22N2O. The monoisotopic (exact) mass is 234 g/mol. The number of amides is 2. The molecule has 1 aromatic rings. The minimum atomic E-state index is -0.0995. The predicted molar refractivity (Wildman–Crippen MR) is 71.2 cm³/mol. The van der Waals surface area contributed by atoms with Crippen LogP contribution in [0.5, 0.6) is 0 Å². The Hall–Kier alpha value is -1.51. The lowest BCUT2D eigenvalue weighted by Crippen LogP contribution is -2.37. The third-order valence-electron chi connectivity index (χ3n) is 2.91. The van der Waals surface area contributed by atoms with Crippen LogP contribution in [0.25, 0.3) is 0 Å². The van der Waals surface area contributed by atoms with Gasteiger partial charge in [0, 0.05) is 6.54 Å². The molecule has 3 heteroatoms. The van der Waals surface area contributed by atoms with Crippen LogP contribution < -0.4 is 10.6 Å². The van der Waals surface area contributed by atoms with E-state index < -0.39 is 0 Å². The highest BCUT2D eigenvalue weighted by Crippen LogP contribution is 2.16. The van der Waals surface area contributed by atoms with Gasteiger partial charge in [-0.25, -0.2) is 4.79 Å². The molecule has 2 amide bonds. The molecule has 3 nitrogen and oxygen atoms in total. The zero-order chi connectivity index (χ0) is 12.8. The Bertz CT molecular complexity index is 388. The van der Waals surface area contributed by atoms with E-state index in [4.69, 9.17) is 0 Å². The van der Waals surface area contributed by atoms with Crippen LogP contribution in [-0.4, -0.2) is 12.6 Å². The Kier molecular flexibility index (Phi) is 5.01. The average molecular weight is 234 g/mol. The first-order chi connectivity index (χ1) is 8.04. The molecule has 0 fully saturated rings. The van der Waals surface area contributed by atoms with Gasteiger partial charge in [0.05, 0.1) is 6.04 Å². The highest BCUT2D eigenvalue weighted by Gasteiger charge is 2.09. The Morgan fingerprint density at radius 3 is 2.59 bits per heavy atom. The van der Waals surface area contributed by atoms with Crippen molar-refractivity contribution in [3.8, 4) is 0 Å². The molecule has 1 aromatic carbocycles. The zero-order valence-corrected chi connectivity index (χ0v) is 11.1. The molecule has 0 aliphatic carbocycles. The number of carbonyl (C=O) groups is 1. The van der Waals surface area contributed by atoms with Crippen LogP contribution in [-0.2, 0) is 0 Å². The second-order valence-electron chi connectivity index (χ2n) is 4.47. The maximum atomic E-state index is 11.5. The topological polar surface area (TPSA) is 41.1 Å². The molecule has 0 spiro atoms. The highest BCUT2D eigenvalue weighted by molar-refractivity contribution is 5.74. The Morgan fingerprint density at radius 2 is 2.00 bits per heavy atom. The number of carbonyl (C=O) groups excluding carboxylic acids is 1. The first-order valence-corrected chi connectivity index (χ1v) is 6.16. The molecule has 1 rings (SSSR count). The van der Waals surface area contributed by atoms with Crippen LogP contribution in [0.3, 0.4) is 0 Å². The SMILES string of the molecule is CCCNC(=O)NC(C)c1ccc(C)c(C)c1. The van der Waals surface area contributed by atoms with E-state index in [9.17, 15) is 4.79 Å². The normalized spacial score (nSPS) is 12.0. The van der Waals surface area contributed by atoms with Gasteiger partial charge in [-0.1, -0.05) is 25.1 Å². The molecule has 0 aromatic heterocycles. The van der Waals surface area contributed by atoms with Gasteiger partial charge in [0.25, 0.3) is 0 Å². The summed E-state index contributed by atoms with van der Waals surface area (Å²) >= 11 is 0. The number of benzene rings is 1. The molecule has 0 saturated carbocycles. The minimum absolute atomic E-state index is 0.0335. The fraction of sp³-hybridized carbons (Fsp3) is 0.500. The van der Waals surface area contributed by atoms with Crippen LogP contribution in [0.2, 0.25) is 0 Å². The third kappa shape index (κ3) is 4.10. The van der Waals surface area contributed by atoms with Crippen molar-refractivity contribution in [1.82, 2.24) is 10.6 Å². The highest BCUT2D eigenvalue weighted by atomic mass is 16.2. The van der Waals surface area contributed by atoms with Crippen molar-refractivity contribution < 1.29 is 4.79 Å². The molecule has 0 aliphatic rings. The van der Waals surface area contributed by atoms with E-state index in [1.165, 1.54) is 11.1 Å². The smallest absolute Gasteiger partial charge is 0.315 e. The summed E-state index contributed by atoms with van der Waals surface area (Å²) in [6.07, 6.45) is 0.950. The van der Waals surface area contributed by atoms with Crippen molar-refractivity contribution in [2.45, 2.75) is 40.2 Å². The molecule has 17 heavy (non-hydrogen) atoms. The van der Waals surface area contributed by atoms with Gasteiger partial charge in [-0.3, -0.25) is 0 Å². The lowest BCUT2D eigenvalue weighted by Gasteiger charge is -2.16. The molecule has 0 bridgehead atoms. The predicted octanol–water partition coefficient (Wildman–Crippen LogP) is 3.07. The molecule has 0 heterocycles. The molecule has 2 N–H and O–H groups in total. The summed E-state index contributed by atoms with van der Waals surface area (Å²) in [5.74, 6) is 0. The summed E-state index contributed by atoms with van der Waals surface area (Å²) in [7, 11) is 0. The Labute approximate surface area is 104 Å². The number of hydrogen-bond donors (Lipinski definition) is 2. The standard InChI is InChI=1S/C14H22N2O/c1-5-8-15-14(17)16-12(4)13-7-6-10(2)11(3)9-13/h6-7,9,12H,5,8H2,1-4H3,(H2,15,16,17). The van der Waals surface area contributed by atoms with Crippen molar-refractivity contribution in [2.24, 2.45) is 0 Å². The van der Waals surface area contributed by atoms with Gasteiger partial charge in [0.1, 0.15) is 0 Å². The summed E-state index contributed by atoms with van der Waals surface area (Å²) in [6, 6.07) is 6.21. The van der Waals surface area contributed by atoms with Crippen LogP contribution in [0, 0.1) is 13.8 Å². The minimum Gasteiger partial charge on any atom is -0.338 e. The summed E-state index contributed by atoms with van der Waals surface area (Å²) in [5, 5.41) is 5.74. The van der Waals surface area contributed by atoms with E-state index in [0.29, 0.717) is 6.54 Å². The first-order valence-electron chi connectivity index (χ1n) is 6.16. The van der Waals surface area contributed by atoms with Crippen molar-refractivity contribution in [2.75, 3.05) is 6.54 Å². The summed E-state index contributed by atoms with van der Waals surface area (Å²) in [4.78, 5) is 11.5. The van der Waals surface area contributed by atoms with Crippen LogP contribution in [0.4, 0.5) is 4.79 Å². The first kappa shape index (κ1) is 13.6. The quantitative estimate of drug-likeness (QED) is 0.826. The van der Waals surface area contributed by atoms with Crippen LogP contribution >= 0.6 is 0 Å². The van der Waals surface area contributed by atoms with Gasteiger partial charge in [0.15, 0.2) is 0 Å². The lowest BCUT2D eigenvalue weighted by atomic mass is 10.0. The van der Waals surface area contributed by atoms with Gasteiger partial charge in [-0.05, 0) is 43.9 Å². The number of rotatable bonds is 4. The fourth-order valence-corrected chi connectivity index (χ4v) is 1.60. The lowest BCUT2D eigenvalue weighted by molar-refractivity contribution is 0.238. The van der Waals surface area contributed by atoms with E-state index in [1.54, 1.807) is 0 Å².